The van der Waals surface area contributed by atoms with Crippen molar-refractivity contribution < 1.29 is 19.4 Å². The van der Waals surface area contributed by atoms with E-state index in [1.807, 2.05) is 11.8 Å². The average Bonchev–Trinajstić information content (AvgIpc) is 2.46. The molecule has 2 rings (SSSR count). The third kappa shape index (κ3) is 2.87. The number of aliphatic carboxylic acids is 1. The van der Waals surface area contributed by atoms with Gasteiger partial charge in [0.1, 0.15) is 5.82 Å². The van der Waals surface area contributed by atoms with E-state index in [2.05, 4.69) is 14.7 Å². The van der Waals surface area contributed by atoms with Crippen molar-refractivity contribution in [2.75, 3.05) is 18.6 Å². The number of rotatable bonds is 3. The van der Waals surface area contributed by atoms with Crippen LogP contribution in [0.2, 0.25) is 0 Å². The number of carbonyl (C=O) groups is 2. The van der Waals surface area contributed by atoms with E-state index < -0.39 is 11.9 Å². The Bertz CT molecular complexity index is 520. The van der Waals surface area contributed by atoms with Gasteiger partial charge in [-0.3, -0.25) is 9.78 Å². The molecule has 2 heterocycles. The first-order chi connectivity index (χ1) is 9.52. The van der Waals surface area contributed by atoms with E-state index in [1.54, 1.807) is 6.20 Å². The maximum absolute atomic E-state index is 11.5. The van der Waals surface area contributed by atoms with Crippen molar-refractivity contribution in [1.29, 1.82) is 0 Å². The highest BCUT2D eigenvalue weighted by Gasteiger charge is 2.30. The van der Waals surface area contributed by atoms with Gasteiger partial charge in [-0.05, 0) is 19.8 Å². The Morgan fingerprint density at radius 3 is 2.80 bits per heavy atom. The number of methoxy groups -OCH3 is 1. The molecular formula is C13H17N3O4. The zero-order valence-corrected chi connectivity index (χ0v) is 11.4. The molecule has 0 saturated carbocycles. The van der Waals surface area contributed by atoms with Crippen LogP contribution in [0, 0.1) is 5.92 Å². The third-order valence-electron chi connectivity index (χ3n) is 3.54. The molecule has 108 valence electrons. The van der Waals surface area contributed by atoms with Crippen LogP contribution in [0.4, 0.5) is 5.82 Å². The van der Waals surface area contributed by atoms with E-state index in [0.29, 0.717) is 25.2 Å². The smallest absolute Gasteiger partial charge is 0.358 e. The molecule has 0 radical (unpaired) electrons. The number of carbonyl (C=O) groups excluding carboxylic acids is 1. The molecule has 1 aliphatic heterocycles. The first kappa shape index (κ1) is 14.2. The van der Waals surface area contributed by atoms with E-state index in [9.17, 15) is 9.59 Å². The second-order valence-electron chi connectivity index (χ2n) is 4.86. The summed E-state index contributed by atoms with van der Waals surface area (Å²) in [6, 6.07) is 0.0343. The molecule has 2 atom stereocenters. The molecule has 7 nitrogen and oxygen atoms in total. The van der Waals surface area contributed by atoms with Crippen molar-refractivity contribution in [3.05, 3.63) is 18.1 Å². The van der Waals surface area contributed by atoms with Crippen LogP contribution in [0.25, 0.3) is 0 Å². The Balaban J connectivity index is 2.16. The van der Waals surface area contributed by atoms with Crippen LogP contribution >= 0.6 is 0 Å². The summed E-state index contributed by atoms with van der Waals surface area (Å²) in [4.78, 5) is 32.7. The Labute approximate surface area is 116 Å². The molecule has 1 aromatic heterocycles. The van der Waals surface area contributed by atoms with Crippen LogP contribution in [-0.2, 0) is 9.53 Å². The van der Waals surface area contributed by atoms with E-state index >= 15 is 0 Å². The number of carboxylic acid groups (broad SMARTS) is 1. The standard InChI is InChI=1S/C13H17N3O4/c1-8-5-9(12(17)18)3-4-16(8)11-7-14-6-10(15-11)13(19)20-2/h6-9H,3-5H2,1-2H3,(H,17,18). The monoisotopic (exact) mass is 279 g/mol. The zero-order chi connectivity index (χ0) is 14.7. The van der Waals surface area contributed by atoms with Gasteiger partial charge < -0.3 is 14.7 Å². The molecule has 1 saturated heterocycles. The van der Waals surface area contributed by atoms with Gasteiger partial charge in [-0.2, -0.15) is 0 Å². The molecule has 1 fully saturated rings. The topological polar surface area (TPSA) is 92.6 Å². The molecule has 20 heavy (non-hydrogen) atoms. The number of hydrogen-bond donors (Lipinski definition) is 1. The molecule has 0 bridgehead atoms. The van der Waals surface area contributed by atoms with Gasteiger partial charge in [-0.15, -0.1) is 0 Å². The highest BCUT2D eigenvalue weighted by atomic mass is 16.5. The van der Waals surface area contributed by atoms with Crippen LogP contribution < -0.4 is 4.90 Å². The molecule has 0 aromatic carbocycles. The fourth-order valence-electron chi connectivity index (χ4n) is 2.43. The van der Waals surface area contributed by atoms with Crippen molar-refractivity contribution in [1.82, 2.24) is 9.97 Å². The normalized spacial score (nSPS) is 22.4. The van der Waals surface area contributed by atoms with Gasteiger partial charge in [0, 0.05) is 12.6 Å². The molecule has 0 aliphatic carbocycles. The summed E-state index contributed by atoms with van der Waals surface area (Å²) in [6.07, 6.45) is 4.04. The van der Waals surface area contributed by atoms with Crippen LogP contribution in [0.5, 0.6) is 0 Å². The van der Waals surface area contributed by atoms with Crippen molar-refractivity contribution in [2.45, 2.75) is 25.8 Å². The number of aromatic nitrogens is 2. The second kappa shape index (κ2) is 5.85. The highest BCUT2D eigenvalue weighted by Crippen LogP contribution is 2.26. The summed E-state index contributed by atoms with van der Waals surface area (Å²) in [5.41, 5.74) is 0.151. The predicted molar refractivity (Wildman–Crippen MR) is 70.5 cm³/mol. The lowest BCUT2D eigenvalue weighted by molar-refractivity contribution is -0.142. The predicted octanol–water partition coefficient (Wildman–Crippen LogP) is 0.953. The SMILES string of the molecule is COC(=O)c1cncc(N2CCC(C(=O)O)CC2C)n1. The number of piperidine rings is 1. The minimum absolute atomic E-state index is 0.0343. The van der Waals surface area contributed by atoms with Crippen LogP contribution in [0.1, 0.15) is 30.3 Å². The Hall–Kier alpha value is -2.18. The second-order valence-corrected chi connectivity index (χ2v) is 4.86. The molecular weight excluding hydrogens is 262 g/mol. The van der Waals surface area contributed by atoms with Crippen LogP contribution in [-0.4, -0.2) is 46.7 Å². The summed E-state index contributed by atoms with van der Waals surface area (Å²) in [5.74, 6) is -1.04. The van der Waals surface area contributed by atoms with Crippen molar-refractivity contribution in [2.24, 2.45) is 5.92 Å². The van der Waals surface area contributed by atoms with Gasteiger partial charge in [0.25, 0.3) is 0 Å². The summed E-state index contributed by atoms with van der Waals surface area (Å²) in [6.45, 7) is 2.53. The molecule has 7 heteroatoms. The maximum Gasteiger partial charge on any atom is 0.358 e. The molecule has 2 unspecified atom stereocenters. The van der Waals surface area contributed by atoms with Crippen molar-refractivity contribution >= 4 is 17.8 Å². The van der Waals surface area contributed by atoms with Gasteiger partial charge in [-0.25, -0.2) is 9.78 Å². The van der Waals surface area contributed by atoms with E-state index in [4.69, 9.17) is 5.11 Å². The summed E-state index contributed by atoms with van der Waals surface area (Å²) in [5, 5.41) is 9.05. The van der Waals surface area contributed by atoms with Crippen molar-refractivity contribution in [3.63, 3.8) is 0 Å². The van der Waals surface area contributed by atoms with E-state index in [1.165, 1.54) is 13.3 Å². The lowest BCUT2D eigenvalue weighted by atomic mass is 9.92. The Morgan fingerprint density at radius 1 is 1.45 bits per heavy atom. The lowest BCUT2D eigenvalue weighted by Gasteiger charge is -2.36. The number of carboxylic acids is 1. The van der Waals surface area contributed by atoms with Gasteiger partial charge in [0.2, 0.25) is 0 Å². The minimum Gasteiger partial charge on any atom is -0.481 e. The summed E-state index contributed by atoms with van der Waals surface area (Å²) >= 11 is 0. The van der Waals surface area contributed by atoms with Gasteiger partial charge in [0.05, 0.1) is 25.4 Å². The van der Waals surface area contributed by atoms with Crippen molar-refractivity contribution in [3.8, 4) is 0 Å². The fourth-order valence-corrected chi connectivity index (χ4v) is 2.43. The summed E-state index contributed by atoms with van der Waals surface area (Å²) in [7, 11) is 1.29. The third-order valence-corrected chi connectivity index (χ3v) is 3.54. The molecule has 1 aromatic rings. The number of anilines is 1. The van der Waals surface area contributed by atoms with Gasteiger partial charge in [-0.1, -0.05) is 0 Å². The molecule has 0 amide bonds. The number of ether oxygens (including phenoxy) is 1. The minimum atomic E-state index is -0.758. The number of esters is 1. The number of nitrogens with zero attached hydrogens (tertiary/aromatic N) is 3. The molecule has 1 aliphatic rings. The zero-order valence-electron chi connectivity index (χ0n) is 11.4. The lowest BCUT2D eigenvalue weighted by Crippen LogP contribution is -2.43. The Morgan fingerprint density at radius 2 is 2.20 bits per heavy atom. The number of hydrogen-bond acceptors (Lipinski definition) is 6. The molecule has 0 spiro atoms. The average molecular weight is 279 g/mol. The first-order valence-corrected chi connectivity index (χ1v) is 6.42. The maximum atomic E-state index is 11.5. The van der Waals surface area contributed by atoms with E-state index in [0.717, 1.165) is 0 Å². The molecule has 1 N–H and O–H groups in total. The largest absolute Gasteiger partial charge is 0.481 e. The van der Waals surface area contributed by atoms with Gasteiger partial charge >= 0.3 is 11.9 Å². The Kier molecular flexibility index (Phi) is 4.16. The van der Waals surface area contributed by atoms with Crippen LogP contribution in [0.15, 0.2) is 12.4 Å². The highest BCUT2D eigenvalue weighted by molar-refractivity contribution is 5.87. The van der Waals surface area contributed by atoms with Crippen LogP contribution in [0.3, 0.4) is 0 Å². The van der Waals surface area contributed by atoms with E-state index in [-0.39, 0.29) is 17.7 Å². The first-order valence-electron chi connectivity index (χ1n) is 6.42. The summed E-state index contributed by atoms with van der Waals surface area (Å²) < 4.78 is 4.62. The van der Waals surface area contributed by atoms with Gasteiger partial charge in [0.15, 0.2) is 5.69 Å². The fraction of sp³-hybridized carbons (Fsp3) is 0.538. The quantitative estimate of drug-likeness (QED) is 0.823.